The summed E-state index contributed by atoms with van der Waals surface area (Å²) in [4.78, 5) is 23.4. The first-order chi connectivity index (χ1) is 13.0. The smallest absolute Gasteiger partial charge is 0.248 e. The monoisotopic (exact) mass is 399 g/mol. The number of carbonyl (C=O) groups excluding carboxylic acids is 2. The van der Waals surface area contributed by atoms with E-state index < -0.39 is 5.91 Å². The molecule has 0 aliphatic carbocycles. The number of nitrogens with two attached hydrogens (primary N) is 1. The average molecular weight is 400 g/mol. The Kier molecular flexibility index (Phi) is 6.05. The van der Waals surface area contributed by atoms with Gasteiger partial charge in [-0.15, -0.1) is 10.2 Å². The van der Waals surface area contributed by atoms with Crippen molar-refractivity contribution >= 4 is 51.4 Å². The third-order valence-corrected chi connectivity index (χ3v) is 5.54. The molecule has 1 unspecified atom stereocenters. The van der Waals surface area contributed by atoms with Crippen molar-refractivity contribution in [1.29, 1.82) is 0 Å². The van der Waals surface area contributed by atoms with E-state index in [1.54, 1.807) is 31.2 Å². The molecule has 0 fully saturated rings. The van der Waals surface area contributed by atoms with E-state index in [4.69, 9.17) is 5.73 Å². The first kappa shape index (κ1) is 18.9. The van der Waals surface area contributed by atoms with Gasteiger partial charge in [0.1, 0.15) is 0 Å². The third kappa shape index (κ3) is 5.28. The molecule has 2 aromatic carbocycles. The number of aromatic nitrogens is 2. The third-order valence-electron chi connectivity index (χ3n) is 3.52. The van der Waals surface area contributed by atoms with E-state index in [0.717, 1.165) is 5.69 Å². The van der Waals surface area contributed by atoms with E-state index in [-0.39, 0.29) is 11.2 Å². The van der Waals surface area contributed by atoms with Crippen molar-refractivity contribution in [1.82, 2.24) is 10.2 Å². The lowest BCUT2D eigenvalue weighted by molar-refractivity contribution is -0.115. The van der Waals surface area contributed by atoms with Crippen LogP contribution in [0.4, 0.5) is 16.5 Å². The van der Waals surface area contributed by atoms with Crippen LogP contribution in [0.3, 0.4) is 0 Å². The van der Waals surface area contributed by atoms with Crippen molar-refractivity contribution in [3.8, 4) is 0 Å². The van der Waals surface area contributed by atoms with E-state index in [2.05, 4.69) is 20.8 Å². The summed E-state index contributed by atoms with van der Waals surface area (Å²) in [7, 11) is 0. The maximum absolute atomic E-state index is 12.4. The lowest BCUT2D eigenvalue weighted by atomic mass is 10.2. The fourth-order valence-electron chi connectivity index (χ4n) is 2.12. The molecule has 138 valence electrons. The van der Waals surface area contributed by atoms with Crippen LogP contribution in [0.25, 0.3) is 0 Å². The number of benzene rings is 2. The molecule has 1 aromatic heterocycles. The zero-order valence-electron chi connectivity index (χ0n) is 14.4. The van der Waals surface area contributed by atoms with Crippen LogP contribution < -0.4 is 16.4 Å². The maximum atomic E-state index is 12.4. The molecular formula is C18H17N5O2S2. The molecule has 1 atom stereocenters. The Morgan fingerprint density at radius 1 is 1.04 bits per heavy atom. The summed E-state index contributed by atoms with van der Waals surface area (Å²) < 4.78 is 0.695. The molecule has 0 aliphatic heterocycles. The van der Waals surface area contributed by atoms with Gasteiger partial charge in [-0.25, -0.2) is 0 Å². The Morgan fingerprint density at radius 3 is 2.41 bits per heavy atom. The molecule has 0 radical (unpaired) electrons. The Morgan fingerprint density at radius 2 is 1.74 bits per heavy atom. The highest BCUT2D eigenvalue weighted by Crippen LogP contribution is 2.30. The molecule has 9 heteroatoms. The number of anilines is 3. The summed E-state index contributed by atoms with van der Waals surface area (Å²) in [5.41, 5.74) is 7.12. The average Bonchev–Trinajstić information content (AvgIpc) is 3.09. The highest BCUT2D eigenvalue weighted by Gasteiger charge is 2.17. The molecule has 0 saturated heterocycles. The number of primary amides is 1. The molecule has 3 rings (SSSR count). The van der Waals surface area contributed by atoms with Gasteiger partial charge in [0.2, 0.25) is 16.9 Å². The van der Waals surface area contributed by atoms with Crippen LogP contribution in [0.15, 0.2) is 58.9 Å². The number of hydrogen-bond acceptors (Lipinski definition) is 7. The van der Waals surface area contributed by atoms with Gasteiger partial charge in [0.15, 0.2) is 4.34 Å². The number of para-hydroxylation sites is 1. The fourth-order valence-corrected chi connectivity index (χ4v) is 4.04. The van der Waals surface area contributed by atoms with Crippen LogP contribution in [-0.2, 0) is 4.79 Å². The highest BCUT2D eigenvalue weighted by atomic mass is 32.2. The van der Waals surface area contributed by atoms with Gasteiger partial charge in [0.25, 0.3) is 0 Å². The number of nitrogens with zero attached hydrogens (tertiary/aromatic N) is 2. The minimum atomic E-state index is -0.506. The van der Waals surface area contributed by atoms with Gasteiger partial charge < -0.3 is 16.4 Å². The van der Waals surface area contributed by atoms with Crippen LogP contribution in [0.1, 0.15) is 17.3 Å². The van der Waals surface area contributed by atoms with Crippen LogP contribution in [0, 0.1) is 0 Å². The topological polar surface area (TPSA) is 110 Å². The van der Waals surface area contributed by atoms with Gasteiger partial charge in [-0.05, 0) is 43.3 Å². The Hall–Kier alpha value is -2.91. The van der Waals surface area contributed by atoms with Gasteiger partial charge in [0.05, 0.1) is 5.25 Å². The molecule has 0 saturated carbocycles. The largest absolute Gasteiger partial charge is 0.366 e. The summed E-state index contributed by atoms with van der Waals surface area (Å²) in [6.07, 6.45) is 0. The molecular weight excluding hydrogens is 382 g/mol. The maximum Gasteiger partial charge on any atom is 0.248 e. The van der Waals surface area contributed by atoms with Crippen LogP contribution in [-0.4, -0.2) is 27.3 Å². The number of rotatable bonds is 7. The lowest BCUT2D eigenvalue weighted by Gasteiger charge is -2.10. The zero-order chi connectivity index (χ0) is 19.2. The molecule has 2 amide bonds. The SMILES string of the molecule is CC(Sc1nnc(Nc2ccccc2)s1)C(=O)Nc1ccc(C(N)=O)cc1. The second-order valence-electron chi connectivity index (χ2n) is 5.56. The highest BCUT2D eigenvalue weighted by molar-refractivity contribution is 8.02. The van der Waals surface area contributed by atoms with Crippen molar-refractivity contribution in [3.63, 3.8) is 0 Å². The van der Waals surface area contributed by atoms with Gasteiger partial charge >= 0.3 is 0 Å². The number of hydrogen-bond donors (Lipinski definition) is 3. The zero-order valence-corrected chi connectivity index (χ0v) is 16.0. The van der Waals surface area contributed by atoms with Crippen molar-refractivity contribution in [2.45, 2.75) is 16.5 Å². The molecule has 3 aromatic rings. The van der Waals surface area contributed by atoms with Crippen LogP contribution in [0.2, 0.25) is 0 Å². The summed E-state index contributed by atoms with van der Waals surface area (Å²) in [6, 6.07) is 16.1. The first-order valence-corrected chi connectivity index (χ1v) is 9.74. The quantitative estimate of drug-likeness (QED) is 0.525. The van der Waals surface area contributed by atoms with E-state index in [1.807, 2.05) is 30.3 Å². The van der Waals surface area contributed by atoms with Gasteiger partial charge in [0, 0.05) is 16.9 Å². The van der Waals surface area contributed by atoms with Crippen molar-refractivity contribution in [2.24, 2.45) is 5.73 Å². The molecule has 0 bridgehead atoms. The summed E-state index contributed by atoms with van der Waals surface area (Å²) >= 11 is 2.71. The second kappa shape index (κ2) is 8.65. The van der Waals surface area contributed by atoms with Crippen molar-refractivity contribution < 1.29 is 9.59 Å². The number of amides is 2. The fraction of sp³-hybridized carbons (Fsp3) is 0.111. The molecule has 4 N–H and O–H groups in total. The van der Waals surface area contributed by atoms with E-state index >= 15 is 0 Å². The van der Waals surface area contributed by atoms with Gasteiger partial charge in [-0.1, -0.05) is 41.3 Å². The van der Waals surface area contributed by atoms with Gasteiger partial charge in [-0.2, -0.15) is 0 Å². The van der Waals surface area contributed by atoms with Crippen LogP contribution >= 0.6 is 23.1 Å². The molecule has 7 nitrogen and oxygen atoms in total. The van der Waals surface area contributed by atoms with Crippen molar-refractivity contribution in [3.05, 3.63) is 60.2 Å². The van der Waals surface area contributed by atoms with E-state index in [9.17, 15) is 9.59 Å². The van der Waals surface area contributed by atoms with Gasteiger partial charge in [-0.3, -0.25) is 9.59 Å². The second-order valence-corrected chi connectivity index (χ2v) is 8.12. The number of carbonyl (C=O) groups is 2. The summed E-state index contributed by atoms with van der Waals surface area (Å²) in [6.45, 7) is 1.80. The number of thioether (sulfide) groups is 1. The lowest BCUT2D eigenvalue weighted by Crippen LogP contribution is -2.22. The predicted octanol–water partition coefficient (Wildman–Crippen LogP) is 3.50. The Labute approximate surface area is 164 Å². The predicted molar refractivity (Wildman–Crippen MR) is 109 cm³/mol. The van der Waals surface area contributed by atoms with Crippen molar-refractivity contribution in [2.75, 3.05) is 10.6 Å². The Bertz CT molecular complexity index is 928. The van der Waals surface area contributed by atoms with Crippen LogP contribution in [0.5, 0.6) is 0 Å². The standard InChI is InChI=1S/C18H17N5O2S2/c1-11(16(25)20-14-9-7-12(8-10-14)15(19)24)26-18-23-22-17(27-18)21-13-5-3-2-4-6-13/h2-11H,1H3,(H2,19,24)(H,20,25)(H,21,22). The minimum Gasteiger partial charge on any atom is -0.366 e. The summed E-state index contributed by atoms with van der Waals surface area (Å²) in [5, 5.41) is 14.5. The molecule has 1 heterocycles. The number of nitrogens with one attached hydrogen (secondary N) is 2. The minimum absolute atomic E-state index is 0.167. The van der Waals surface area contributed by atoms with E-state index in [1.165, 1.54) is 23.1 Å². The summed E-state index contributed by atoms with van der Waals surface area (Å²) in [5.74, 6) is -0.674. The van der Waals surface area contributed by atoms with E-state index in [0.29, 0.717) is 20.7 Å². The normalized spacial score (nSPS) is 11.6. The first-order valence-electron chi connectivity index (χ1n) is 8.04. The molecule has 27 heavy (non-hydrogen) atoms. The Balaban J connectivity index is 1.56. The molecule has 0 spiro atoms. The molecule has 0 aliphatic rings.